The Hall–Kier alpha value is -1.42. The highest BCUT2D eigenvalue weighted by Gasteiger charge is 2.20. The van der Waals surface area contributed by atoms with Gasteiger partial charge >= 0.3 is 0 Å². The molecule has 0 spiro atoms. The van der Waals surface area contributed by atoms with Gasteiger partial charge in [0.25, 0.3) is 5.91 Å². The van der Waals surface area contributed by atoms with E-state index in [9.17, 15) is 4.79 Å². The van der Waals surface area contributed by atoms with Gasteiger partial charge < -0.3 is 10.2 Å². The summed E-state index contributed by atoms with van der Waals surface area (Å²) in [5, 5.41) is 2.86. The number of nitrogens with one attached hydrogen (secondary N) is 1. The van der Waals surface area contributed by atoms with E-state index in [1.54, 1.807) is 0 Å². The number of hydrogen-bond acceptors (Lipinski definition) is 3. The summed E-state index contributed by atoms with van der Waals surface area (Å²) in [7, 11) is 3.81. The second-order valence-electron chi connectivity index (χ2n) is 3.51. The second-order valence-corrected chi connectivity index (χ2v) is 4.59. The molecule has 4 heteroatoms. The summed E-state index contributed by atoms with van der Waals surface area (Å²) < 4.78 is 0. The summed E-state index contributed by atoms with van der Waals surface area (Å²) in [4.78, 5) is 15.3. The van der Waals surface area contributed by atoms with E-state index in [0.717, 1.165) is 15.5 Å². The summed E-state index contributed by atoms with van der Waals surface area (Å²) in [6.45, 7) is 0. The van der Waals surface area contributed by atoms with Gasteiger partial charge in [0.2, 0.25) is 0 Å². The number of thioether (sulfide) groups is 1. The fourth-order valence-corrected chi connectivity index (χ4v) is 2.35. The minimum atomic E-state index is -0.0348. The van der Waals surface area contributed by atoms with Crippen LogP contribution in [-0.2, 0) is 4.79 Å². The number of rotatable bonds is 1. The van der Waals surface area contributed by atoms with E-state index in [0.29, 0.717) is 0 Å². The van der Waals surface area contributed by atoms with Crippen LogP contribution in [0.3, 0.4) is 0 Å². The molecule has 1 amide bonds. The molecule has 2 rings (SSSR count). The summed E-state index contributed by atoms with van der Waals surface area (Å²) in [5.74, 6) is -0.0348. The molecule has 3 nitrogen and oxygen atoms in total. The van der Waals surface area contributed by atoms with Crippen LogP contribution in [0.25, 0.3) is 0 Å². The third kappa shape index (κ3) is 2.15. The number of hydrogen-bond donors (Lipinski definition) is 1. The molecule has 0 bridgehead atoms. The Bertz CT molecular complexity index is 426. The van der Waals surface area contributed by atoms with Crippen LogP contribution in [0.4, 0.5) is 5.69 Å². The van der Waals surface area contributed by atoms with E-state index in [-0.39, 0.29) is 5.91 Å². The van der Waals surface area contributed by atoms with Gasteiger partial charge in [-0.05, 0) is 12.1 Å². The van der Waals surface area contributed by atoms with Crippen LogP contribution in [0.1, 0.15) is 0 Å². The monoisotopic (exact) mass is 220 g/mol. The highest BCUT2D eigenvalue weighted by atomic mass is 32.2. The predicted octanol–water partition coefficient (Wildman–Crippen LogP) is 2.13. The number of amides is 1. The molecule has 0 saturated carbocycles. The van der Waals surface area contributed by atoms with Gasteiger partial charge in [0.05, 0.1) is 10.6 Å². The molecule has 1 N–H and O–H groups in total. The molecule has 1 aliphatic heterocycles. The number of nitrogens with zero attached hydrogens (tertiary/aromatic N) is 1. The first-order valence-corrected chi connectivity index (χ1v) is 5.45. The molecule has 0 fully saturated rings. The van der Waals surface area contributed by atoms with Crippen molar-refractivity contribution in [3.05, 3.63) is 35.4 Å². The van der Waals surface area contributed by atoms with Crippen molar-refractivity contribution in [1.82, 2.24) is 4.90 Å². The largest absolute Gasteiger partial charge is 0.382 e. The number of carbonyl (C=O) groups excluding carboxylic acids is 1. The SMILES string of the molecule is CN(C)/C=C1/Sc2ccccc2NC1=O. The zero-order valence-corrected chi connectivity index (χ0v) is 9.47. The molecular weight excluding hydrogens is 208 g/mol. The molecule has 0 aliphatic carbocycles. The van der Waals surface area contributed by atoms with E-state index in [4.69, 9.17) is 0 Å². The van der Waals surface area contributed by atoms with Crippen molar-refractivity contribution in [1.29, 1.82) is 0 Å². The Morgan fingerprint density at radius 3 is 2.80 bits per heavy atom. The summed E-state index contributed by atoms with van der Waals surface area (Å²) in [5.41, 5.74) is 0.892. The summed E-state index contributed by atoms with van der Waals surface area (Å²) in [6, 6.07) is 7.80. The Labute approximate surface area is 93.2 Å². The van der Waals surface area contributed by atoms with Gasteiger partial charge in [-0.2, -0.15) is 0 Å². The molecule has 15 heavy (non-hydrogen) atoms. The van der Waals surface area contributed by atoms with Gasteiger partial charge in [-0.25, -0.2) is 0 Å². The molecule has 0 aromatic heterocycles. The molecule has 1 aliphatic rings. The Kier molecular flexibility index (Phi) is 2.68. The number of benzene rings is 1. The molecule has 1 heterocycles. The van der Waals surface area contributed by atoms with Crippen LogP contribution in [0.5, 0.6) is 0 Å². The molecular formula is C11H12N2OS. The first-order valence-electron chi connectivity index (χ1n) is 4.63. The summed E-state index contributed by atoms with van der Waals surface area (Å²) in [6.07, 6.45) is 1.83. The predicted molar refractivity (Wildman–Crippen MR) is 62.7 cm³/mol. The lowest BCUT2D eigenvalue weighted by molar-refractivity contribution is -0.112. The van der Waals surface area contributed by atoms with Crippen LogP contribution >= 0.6 is 11.8 Å². The lowest BCUT2D eigenvalue weighted by Gasteiger charge is -2.19. The molecule has 1 aromatic rings. The first-order chi connectivity index (χ1) is 7.16. The second kappa shape index (κ2) is 3.98. The Morgan fingerprint density at radius 1 is 1.33 bits per heavy atom. The van der Waals surface area contributed by atoms with Crippen molar-refractivity contribution in [2.45, 2.75) is 4.90 Å². The summed E-state index contributed by atoms with van der Waals surface area (Å²) >= 11 is 1.50. The highest BCUT2D eigenvalue weighted by Crippen LogP contribution is 2.37. The zero-order valence-electron chi connectivity index (χ0n) is 8.65. The van der Waals surface area contributed by atoms with E-state index < -0.39 is 0 Å². The van der Waals surface area contributed by atoms with Gasteiger partial charge in [0, 0.05) is 25.2 Å². The molecule has 0 saturated heterocycles. The van der Waals surface area contributed by atoms with Gasteiger partial charge in [-0.15, -0.1) is 0 Å². The van der Waals surface area contributed by atoms with Gasteiger partial charge in [0.1, 0.15) is 0 Å². The minimum absolute atomic E-state index is 0.0348. The normalized spacial score (nSPS) is 17.2. The maximum Gasteiger partial charge on any atom is 0.263 e. The van der Waals surface area contributed by atoms with Crippen LogP contribution in [0.2, 0.25) is 0 Å². The van der Waals surface area contributed by atoms with Gasteiger partial charge in [-0.1, -0.05) is 23.9 Å². The lowest BCUT2D eigenvalue weighted by Crippen LogP contribution is -2.19. The van der Waals surface area contributed by atoms with E-state index >= 15 is 0 Å². The Morgan fingerprint density at radius 2 is 2.07 bits per heavy atom. The number of para-hydroxylation sites is 1. The van der Waals surface area contributed by atoms with Gasteiger partial charge in [-0.3, -0.25) is 4.79 Å². The smallest absolute Gasteiger partial charge is 0.263 e. The van der Waals surface area contributed by atoms with E-state index in [1.807, 2.05) is 49.5 Å². The van der Waals surface area contributed by atoms with Crippen LogP contribution in [0.15, 0.2) is 40.3 Å². The number of carbonyl (C=O) groups is 1. The van der Waals surface area contributed by atoms with E-state index in [2.05, 4.69) is 5.32 Å². The maximum atomic E-state index is 11.7. The fraction of sp³-hybridized carbons (Fsp3) is 0.182. The molecule has 1 aromatic carbocycles. The number of anilines is 1. The molecule has 0 unspecified atom stereocenters. The quantitative estimate of drug-likeness (QED) is 0.736. The van der Waals surface area contributed by atoms with Crippen molar-refractivity contribution in [2.24, 2.45) is 0 Å². The van der Waals surface area contributed by atoms with Crippen molar-refractivity contribution in [3.63, 3.8) is 0 Å². The zero-order chi connectivity index (χ0) is 10.8. The average Bonchev–Trinajstić information content (AvgIpc) is 2.18. The topological polar surface area (TPSA) is 32.3 Å². The Balaban J connectivity index is 2.34. The van der Waals surface area contributed by atoms with Crippen LogP contribution in [0, 0.1) is 0 Å². The maximum absolute atomic E-state index is 11.7. The van der Waals surface area contributed by atoms with Crippen LogP contribution in [-0.4, -0.2) is 24.9 Å². The van der Waals surface area contributed by atoms with Crippen molar-refractivity contribution in [3.8, 4) is 0 Å². The van der Waals surface area contributed by atoms with E-state index in [1.165, 1.54) is 11.8 Å². The lowest BCUT2D eigenvalue weighted by atomic mass is 10.3. The fourth-order valence-electron chi connectivity index (χ4n) is 1.33. The van der Waals surface area contributed by atoms with Crippen LogP contribution < -0.4 is 5.32 Å². The molecule has 78 valence electrons. The van der Waals surface area contributed by atoms with Crippen molar-refractivity contribution in [2.75, 3.05) is 19.4 Å². The average molecular weight is 220 g/mol. The van der Waals surface area contributed by atoms with Crippen molar-refractivity contribution < 1.29 is 4.79 Å². The third-order valence-electron chi connectivity index (χ3n) is 1.95. The van der Waals surface area contributed by atoms with Gasteiger partial charge in [0.15, 0.2) is 0 Å². The number of fused-ring (bicyclic) bond motifs is 1. The molecule has 0 radical (unpaired) electrons. The minimum Gasteiger partial charge on any atom is -0.382 e. The molecule has 0 atom stereocenters. The third-order valence-corrected chi connectivity index (χ3v) is 3.04. The highest BCUT2D eigenvalue weighted by molar-refractivity contribution is 8.04. The standard InChI is InChI=1S/C11H12N2OS/c1-13(2)7-10-11(14)12-8-5-3-4-6-9(8)15-10/h3-7H,1-2H3,(H,12,14)/b10-7+. The first kappa shape index (κ1) is 10.1. The van der Waals surface area contributed by atoms with Crippen molar-refractivity contribution >= 4 is 23.4 Å².